The average Bonchev–Trinajstić information content (AvgIpc) is 3.61. The Morgan fingerprint density at radius 1 is 0.735 bits per heavy atom. The SMILES string of the molecule is C=C1C=CCC(C(=O)O)C1C(=O)Nc1cc(C(c2ccc(O)c(NC(=O)C3C4C=CC(C4)C3C(=O)O)c2)(C(F)(F)F)C(F)(F)F)ccc1O. The molecule has 6 unspecified atom stereocenters. The Kier molecular flexibility index (Phi) is 8.80. The number of fused-ring (bicyclic) bond motifs is 2. The third-order valence-electron chi connectivity index (χ3n) is 9.40. The van der Waals surface area contributed by atoms with Gasteiger partial charge in [-0.3, -0.25) is 19.2 Å². The van der Waals surface area contributed by atoms with Crippen LogP contribution in [0.4, 0.5) is 37.7 Å². The first kappa shape index (κ1) is 35.0. The van der Waals surface area contributed by atoms with Crippen molar-refractivity contribution in [1.29, 1.82) is 0 Å². The van der Waals surface area contributed by atoms with Gasteiger partial charge in [-0.25, -0.2) is 0 Å². The van der Waals surface area contributed by atoms with E-state index in [1.807, 2.05) is 5.32 Å². The molecule has 10 nitrogen and oxygen atoms in total. The third-order valence-corrected chi connectivity index (χ3v) is 9.40. The number of rotatable bonds is 8. The molecule has 0 saturated heterocycles. The smallest absolute Gasteiger partial charge is 0.411 e. The van der Waals surface area contributed by atoms with Crippen LogP contribution in [-0.4, -0.2) is 56.5 Å². The van der Waals surface area contributed by atoms with Crippen molar-refractivity contribution in [3.63, 3.8) is 0 Å². The topological polar surface area (TPSA) is 173 Å². The van der Waals surface area contributed by atoms with E-state index < -0.39 is 111 Å². The maximum atomic E-state index is 15.0. The summed E-state index contributed by atoms with van der Waals surface area (Å²) in [5.41, 5.74) is -9.70. The zero-order valence-corrected chi connectivity index (χ0v) is 25.0. The van der Waals surface area contributed by atoms with Gasteiger partial charge in [0.1, 0.15) is 11.5 Å². The number of aliphatic carboxylic acids is 2. The van der Waals surface area contributed by atoms with Crippen LogP contribution in [0, 0.1) is 35.5 Å². The molecule has 1 saturated carbocycles. The van der Waals surface area contributed by atoms with Gasteiger partial charge in [0.15, 0.2) is 0 Å². The minimum absolute atomic E-state index is 0.00141. The van der Waals surface area contributed by atoms with Gasteiger partial charge in [-0.15, -0.1) is 0 Å². The molecule has 0 radical (unpaired) electrons. The molecular weight excluding hydrogens is 666 g/mol. The minimum atomic E-state index is -6.18. The van der Waals surface area contributed by atoms with Gasteiger partial charge >= 0.3 is 24.3 Å². The zero-order valence-electron chi connectivity index (χ0n) is 25.0. The van der Waals surface area contributed by atoms with Crippen molar-refractivity contribution in [2.24, 2.45) is 35.5 Å². The predicted octanol–water partition coefficient (Wildman–Crippen LogP) is 5.74. The van der Waals surface area contributed by atoms with Gasteiger partial charge in [-0.1, -0.05) is 43.0 Å². The summed E-state index contributed by atoms with van der Waals surface area (Å²) < 4.78 is 90.1. The summed E-state index contributed by atoms with van der Waals surface area (Å²) in [4.78, 5) is 50.0. The van der Waals surface area contributed by atoms with Gasteiger partial charge in [0, 0.05) is 0 Å². The lowest BCUT2D eigenvalue weighted by Crippen LogP contribution is -2.54. The number of phenols is 2. The lowest BCUT2D eigenvalue weighted by Gasteiger charge is -2.39. The molecule has 6 N–H and O–H groups in total. The number of benzene rings is 2. The largest absolute Gasteiger partial charge is 0.506 e. The molecule has 2 aromatic carbocycles. The van der Waals surface area contributed by atoms with E-state index in [0.717, 1.165) is 0 Å². The van der Waals surface area contributed by atoms with Crippen LogP contribution in [0.2, 0.25) is 0 Å². The Bertz CT molecular complexity index is 1790. The molecule has 6 atom stereocenters. The van der Waals surface area contributed by atoms with E-state index in [2.05, 4.69) is 11.9 Å². The summed E-state index contributed by atoms with van der Waals surface area (Å²) in [5.74, 6) is -13.1. The second kappa shape index (κ2) is 12.3. The Hall–Kier alpha value is -5.28. The Balaban J connectivity index is 1.58. The maximum absolute atomic E-state index is 15.0. The molecule has 16 heteroatoms. The van der Waals surface area contributed by atoms with E-state index >= 15 is 26.3 Å². The molecule has 260 valence electrons. The summed E-state index contributed by atoms with van der Waals surface area (Å²) in [7, 11) is 0. The highest BCUT2D eigenvalue weighted by Crippen LogP contribution is 2.58. The number of aromatic hydroxyl groups is 2. The number of allylic oxidation sites excluding steroid dienone is 4. The van der Waals surface area contributed by atoms with Crippen molar-refractivity contribution in [1.82, 2.24) is 0 Å². The van der Waals surface area contributed by atoms with Gasteiger partial charge in [-0.05, 0) is 65.6 Å². The summed E-state index contributed by atoms with van der Waals surface area (Å²) >= 11 is 0. The van der Waals surface area contributed by atoms with Crippen LogP contribution in [0.3, 0.4) is 0 Å². The van der Waals surface area contributed by atoms with Crippen molar-refractivity contribution in [3.8, 4) is 11.5 Å². The molecule has 3 aliphatic rings. The number of alkyl halides is 6. The van der Waals surface area contributed by atoms with Crippen LogP contribution < -0.4 is 10.6 Å². The first-order valence-electron chi connectivity index (χ1n) is 14.7. The fourth-order valence-electron chi connectivity index (χ4n) is 7.12. The molecule has 0 heterocycles. The Labute approximate surface area is 273 Å². The standard InChI is InChI=1S/C33H28F6N2O8/c1-14-3-2-4-19(29(46)47)24(14)27(44)40-20-12-17(7-9-22(20)42)31(32(34,35)36,33(37,38)39)18-8-10-23(43)21(13-18)41-28(45)25-15-5-6-16(11-15)26(25)30(48)49/h2-3,5-10,12-13,15-16,19,24-26,42-43H,1,4,11H2,(H,40,44)(H,41,45)(H,46,47)(H,48,49). The fraction of sp³-hybridized carbons (Fsp3) is 0.333. The summed E-state index contributed by atoms with van der Waals surface area (Å²) in [6, 6.07) is 2.18. The van der Waals surface area contributed by atoms with Gasteiger partial charge < -0.3 is 31.1 Å². The minimum Gasteiger partial charge on any atom is -0.506 e. The molecule has 1 fully saturated rings. The number of anilines is 2. The number of phenolic OH excluding ortho intramolecular Hbond substituents is 2. The van der Waals surface area contributed by atoms with Gasteiger partial charge in [-0.2, -0.15) is 26.3 Å². The Morgan fingerprint density at radius 3 is 1.69 bits per heavy atom. The molecular formula is C33H28F6N2O8. The second-order valence-electron chi connectivity index (χ2n) is 12.2. The molecule has 49 heavy (non-hydrogen) atoms. The number of hydrogen-bond acceptors (Lipinski definition) is 6. The fourth-order valence-corrected chi connectivity index (χ4v) is 7.12. The van der Waals surface area contributed by atoms with Crippen molar-refractivity contribution >= 4 is 35.1 Å². The second-order valence-corrected chi connectivity index (χ2v) is 12.2. The van der Waals surface area contributed by atoms with E-state index in [0.29, 0.717) is 30.7 Å². The third kappa shape index (κ3) is 5.88. The van der Waals surface area contributed by atoms with E-state index in [1.165, 1.54) is 12.2 Å². The molecule has 0 aromatic heterocycles. The van der Waals surface area contributed by atoms with Gasteiger partial charge in [0.2, 0.25) is 17.2 Å². The molecule has 2 bridgehead atoms. The average molecular weight is 695 g/mol. The van der Waals surface area contributed by atoms with Crippen LogP contribution in [0.1, 0.15) is 24.0 Å². The maximum Gasteiger partial charge on any atom is 0.411 e. The quantitative estimate of drug-likeness (QED) is 0.115. The highest BCUT2D eigenvalue weighted by molar-refractivity contribution is 5.99. The number of carbonyl (C=O) groups is 4. The number of amides is 2. The summed E-state index contributed by atoms with van der Waals surface area (Å²) in [6.45, 7) is 3.61. The van der Waals surface area contributed by atoms with E-state index in [-0.39, 0.29) is 24.1 Å². The Morgan fingerprint density at radius 2 is 1.22 bits per heavy atom. The predicted molar refractivity (Wildman–Crippen MR) is 159 cm³/mol. The summed E-state index contributed by atoms with van der Waals surface area (Å²) in [6.07, 6.45) is -6.19. The van der Waals surface area contributed by atoms with Crippen LogP contribution in [0.5, 0.6) is 11.5 Å². The van der Waals surface area contributed by atoms with Crippen LogP contribution in [-0.2, 0) is 24.6 Å². The van der Waals surface area contributed by atoms with Crippen molar-refractivity contribution < 1.29 is 65.9 Å². The van der Waals surface area contributed by atoms with Crippen molar-refractivity contribution in [2.75, 3.05) is 10.6 Å². The summed E-state index contributed by atoms with van der Waals surface area (Å²) in [5, 5.41) is 44.2. The van der Waals surface area contributed by atoms with Crippen LogP contribution in [0.25, 0.3) is 0 Å². The van der Waals surface area contributed by atoms with Crippen molar-refractivity contribution in [3.05, 3.63) is 84.0 Å². The van der Waals surface area contributed by atoms with Crippen LogP contribution in [0.15, 0.2) is 72.9 Å². The first-order chi connectivity index (χ1) is 22.8. The molecule has 2 amide bonds. The highest BCUT2D eigenvalue weighted by Gasteiger charge is 2.72. The molecule has 0 spiro atoms. The van der Waals surface area contributed by atoms with E-state index in [9.17, 15) is 39.6 Å². The monoisotopic (exact) mass is 694 g/mol. The lowest BCUT2D eigenvalue weighted by molar-refractivity contribution is -0.288. The lowest BCUT2D eigenvalue weighted by atomic mass is 9.72. The number of carbonyl (C=O) groups excluding carboxylic acids is 2. The number of nitrogens with one attached hydrogen (secondary N) is 2. The highest BCUT2D eigenvalue weighted by atomic mass is 19.4. The van der Waals surface area contributed by atoms with Crippen LogP contribution >= 0.6 is 0 Å². The number of halogens is 6. The molecule has 5 rings (SSSR count). The zero-order chi connectivity index (χ0) is 36.2. The number of carboxylic acids is 2. The molecule has 3 aliphatic carbocycles. The number of carboxylic acid groups (broad SMARTS) is 2. The molecule has 2 aromatic rings. The van der Waals surface area contributed by atoms with Gasteiger partial charge in [0.05, 0.1) is 35.0 Å². The van der Waals surface area contributed by atoms with E-state index in [4.69, 9.17) is 0 Å². The molecule has 0 aliphatic heterocycles. The van der Waals surface area contributed by atoms with Gasteiger partial charge in [0.25, 0.3) is 0 Å². The number of hydrogen-bond donors (Lipinski definition) is 6. The van der Waals surface area contributed by atoms with Crippen molar-refractivity contribution in [2.45, 2.75) is 30.6 Å². The normalized spacial score (nSPS) is 24.9. The van der Waals surface area contributed by atoms with E-state index in [1.54, 1.807) is 12.2 Å². The first-order valence-corrected chi connectivity index (χ1v) is 14.7.